The highest BCUT2D eigenvalue weighted by molar-refractivity contribution is 5.23. The SMILES string of the molecule is CC(C)C(N)C(O)c1c(F)cccc1F. The Labute approximate surface area is 87.7 Å². The number of nitrogens with two attached hydrogens (primary N) is 1. The number of hydrogen-bond acceptors (Lipinski definition) is 2. The molecule has 0 spiro atoms. The molecule has 0 aliphatic rings. The van der Waals surface area contributed by atoms with Gasteiger partial charge in [0.05, 0.1) is 11.7 Å². The molecule has 0 amide bonds. The summed E-state index contributed by atoms with van der Waals surface area (Å²) in [6, 6.07) is 2.78. The Bertz CT molecular complexity index is 321. The molecule has 1 aromatic rings. The van der Waals surface area contributed by atoms with E-state index in [1.807, 2.05) is 0 Å². The molecule has 15 heavy (non-hydrogen) atoms. The van der Waals surface area contributed by atoms with Crippen LogP contribution in [0.4, 0.5) is 8.78 Å². The zero-order chi connectivity index (χ0) is 11.6. The fraction of sp³-hybridized carbons (Fsp3) is 0.455. The predicted molar refractivity (Wildman–Crippen MR) is 54.1 cm³/mol. The number of aliphatic hydroxyl groups excluding tert-OH is 1. The van der Waals surface area contributed by atoms with Crippen LogP contribution in [0, 0.1) is 17.6 Å². The van der Waals surface area contributed by atoms with Crippen LogP contribution in [0.2, 0.25) is 0 Å². The second-order valence-corrected chi connectivity index (χ2v) is 3.90. The molecule has 3 N–H and O–H groups in total. The summed E-state index contributed by atoms with van der Waals surface area (Å²) in [6.07, 6.45) is -1.31. The number of rotatable bonds is 3. The molecule has 0 aliphatic carbocycles. The van der Waals surface area contributed by atoms with E-state index in [9.17, 15) is 13.9 Å². The van der Waals surface area contributed by atoms with E-state index in [0.717, 1.165) is 12.1 Å². The Morgan fingerprint density at radius 3 is 2.07 bits per heavy atom. The summed E-state index contributed by atoms with van der Waals surface area (Å²) in [7, 11) is 0. The molecule has 1 aromatic carbocycles. The molecule has 0 saturated heterocycles. The van der Waals surface area contributed by atoms with E-state index < -0.39 is 23.8 Å². The maximum Gasteiger partial charge on any atom is 0.132 e. The van der Waals surface area contributed by atoms with Gasteiger partial charge < -0.3 is 10.8 Å². The van der Waals surface area contributed by atoms with Crippen molar-refractivity contribution >= 4 is 0 Å². The Hall–Kier alpha value is -1.00. The molecule has 1 rings (SSSR count). The van der Waals surface area contributed by atoms with E-state index in [-0.39, 0.29) is 11.5 Å². The minimum Gasteiger partial charge on any atom is -0.387 e. The standard InChI is InChI=1S/C11H15F2NO/c1-6(2)10(14)11(15)9-7(12)4-3-5-8(9)13/h3-6,10-11,15H,14H2,1-2H3. The Balaban J connectivity index is 3.05. The summed E-state index contributed by atoms with van der Waals surface area (Å²) in [4.78, 5) is 0. The second-order valence-electron chi connectivity index (χ2n) is 3.90. The average molecular weight is 215 g/mol. The third-order valence-corrected chi connectivity index (χ3v) is 2.43. The second kappa shape index (κ2) is 4.68. The van der Waals surface area contributed by atoms with E-state index in [1.165, 1.54) is 6.07 Å². The molecule has 2 nitrogen and oxygen atoms in total. The molecule has 0 aliphatic heterocycles. The van der Waals surface area contributed by atoms with Crippen molar-refractivity contribution in [2.75, 3.05) is 0 Å². The van der Waals surface area contributed by atoms with E-state index in [1.54, 1.807) is 13.8 Å². The van der Waals surface area contributed by atoms with Crippen molar-refractivity contribution in [3.63, 3.8) is 0 Å². The van der Waals surface area contributed by atoms with E-state index in [2.05, 4.69) is 0 Å². The minimum absolute atomic E-state index is 0.0565. The third-order valence-electron chi connectivity index (χ3n) is 2.43. The van der Waals surface area contributed by atoms with Gasteiger partial charge in [-0.25, -0.2) is 8.78 Å². The molecule has 0 radical (unpaired) electrons. The smallest absolute Gasteiger partial charge is 0.132 e. The van der Waals surface area contributed by atoms with Gasteiger partial charge in [-0.15, -0.1) is 0 Å². The van der Waals surface area contributed by atoms with Gasteiger partial charge >= 0.3 is 0 Å². The lowest BCUT2D eigenvalue weighted by Gasteiger charge is -2.23. The number of benzene rings is 1. The summed E-state index contributed by atoms with van der Waals surface area (Å²) >= 11 is 0. The number of halogens is 2. The minimum atomic E-state index is -1.31. The van der Waals surface area contributed by atoms with E-state index >= 15 is 0 Å². The first kappa shape index (κ1) is 12.1. The van der Waals surface area contributed by atoms with Crippen molar-refractivity contribution in [3.05, 3.63) is 35.4 Å². The van der Waals surface area contributed by atoms with Crippen molar-refractivity contribution in [1.82, 2.24) is 0 Å². The lowest BCUT2D eigenvalue weighted by molar-refractivity contribution is 0.118. The third kappa shape index (κ3) is 2.52. The molecule has 2 atom stereocenters. The first-order valence-electron chi connectivity index (χ1n) is 4.82. The molecule has 0 saturated carbocycles. The molecule has 4 heteroatoms. The van der Waals surface area contributed by atoms with Crippen LogP contribution in [0.1, 0.15) is 25.5 Å². The van der Waals surface area contributed by atoms with Crippen molar-refractivity contribution < 1.29 is 13.9 Å². The average Bonchev–Trinajstić information content (AvgIpc) is 2.15. The normalized spacial score (nSPS) is 15.4. The molecule has 2 unspecified atom stereocenters. The summed E-state index contributed by atoms with van der Waals surface area (Å²) in [6.45, 7) is 3.57. The fourth-order valence-electron chi connectivity index (χ4n) is 1.35. The van der Waals surface area contributed by atoms with Crippen molar-refractivity contribution in [2.45, 2.75) is 26.0 Å². The van der Waals surface area contributed by atoms with Gasteiger partial charge in [0.25, 0.3) is 0 Å². The highest BCUT2D eigenvalue weighted by Crippen LogP contribution is 2.25. The lowest BCUT2D eigenvalue weighted by Crippen LogP contribution is -2.34. The number of hydrogen-bond donors (Lipinski definition) is 2. The maximum absolute atomic E-state index is 13.3. The first-order chi connectivity index (χ1) is 6.95. The van der Waals surface area contributed by atoms with Crippen LogP contribution in [-0.4, -0.2) is 11.1 Å². The van der Waals surface area contributed by atoms with Crippen LogP contribution < -0.4 is 5.73 Å². The van der Waals surface area contributed by atoms with Gasteiger partial charge in [-0.2, -0.15) is 0 Å². The highest BCUT2D eigenvalue weighted by Gasteiger charge is 2.25. The lowest BCUT2D eigenvalue weighted by atomic mass is 9.94. The Kier molecular flexibility index (Phi) is 3.77. The summed E-state index contributed by atoms with van der Waals surface area (Å²) < 4.78 is 26.5. The van der Waals surface area contributed by atoms with Gasteiger partial charge in [-0.05, 0) is 18.1 Å². The van der Waals surface area contributed by atoms with Crippen LogP contribution >= 0.6 is 0 Å². The van der Waals surface area contributed by atoms with E-state index in [4.69, 9.17) is 5.73 Å². The molecule has 0 aromatic heterocycles. The zero-order valence-corrected chi connectivity index (χ0v) is 8.74. The Morgan fingerprint density at radius 1 is 1.20 bits per heavy atom. The maximum atomic E-state index is 13.3. The number of aliphatic hydroxyl groups is 1. The summed E-state index contributed by atoms with van der Waals surface area (Å²) in [5, 5.41) is 9.72. The van der Waals surface area contributed by atoms with Crippen molar-refractivity contribution in [3.8, 4) is 0 Å². The zero-order valence-electron chi connectivity index (χ0n) is 8.74. The molecule has 84 valence electrons. The fourth-order valence-corrected chi connectivity index (χ4v) is 1.35. The largest absolute Gasteiger partial charge is 0.387 e. The molecule has 0 heterocycles. The van der Waals surface area contributed by atoms with Gasteiger partial charge in [-0.3, -0.25) is 0 Å². The van der Waals surface area contributed by atoms with Gasteiger partial charge in [0.1, 0.15) is 11.6 Å². The highest BCUT2D eigenvalue weighted by atomic mass is 19.1. The van der Waals surface area contributed by atoms with Crippen LogP contribution in [0.5, 0.6) is 0 Å². The monoisotopic (exact) mass is 215 g/mol. The first-order valence-corrected chi connectivity index (χ1v) is 4.82. The van der Waals surface area contributed by atoms with Gasteiger partial charge in [0.15, 0.2) is 0 Å². The van der Waals surface area contributed by atoms with Crippen LogP contribution in [0.25, 0.3) is 0 Å². The summed E-state index contributed by atoms with van der Waals surface area (Å²) in [5.41, 5.74) is 5.30. The molecular weight excluding hydrogens is 200 g/mol. The van der Waals surface area contributed by atoms with Crippen molar-refractivity contribution in [1.29, 1.82) is 0 Å². The topological polar surface area (TPSA) is 46.2 Å². The van der Waals surface area contributed by atoms with E-state index in [0.29, 0.717) is 0 Å². The van der Waals surface area contributed by atoms with Crippen LogP contribution in [-0.2, 0) is 0 Å². The van der Waals surface area contributed by atoms with Crippen LogP contribution in [0.3, 0.4) is 0 Å². The Morgan fingerprint density at radius 2 is 1.67 bits per heavy atom. The molecule has 0 fully saturated rings. The van der Waals surface area contributed by atoms with Gasteiger partial charge in [0, 0.05) is 6.04 Å². The van der Waals surface area contributed by atoms with Gasteiger partial charge in [-0.1, -0.05) is 19.9 Å². The molecule has 0 bridgehead atoms. The quantitative estimate of drug-likeness (QED) is 0.809. The summed E-state index contributed by atoms with van der Waals surface area (Å²) in [5.74, 6) is -1.59. The molecular formula is C11H15F2NO. The van der Waals surface area contributed by atoms with Crippen molar-refractivity contribution in [2.24, 2.45) is 11.7 Å². The van der Waals surface area contributed by atoms with Gasteiger partial charge in [0.2, 0.25) is 0 Å². The predicted octanol–water partition coefficient (Wildman–Crippen LogP) is 1.98. The van der Waals surface area contributed by atoms with Crippen LogP contribution in [0.15, 0.2) is 18.2 Å².